The van der Waals surface area contributed by atoms with E-state index in [4.69, 9.17) is 0 Å². The molecule has 0 fully saturated rings. The zero-order valence-corrected chi connectivity index (χ0v) is 5.64. The molecule has 0 aromatic carbocycles. The van der Waals surface area contributed by atoms with Gasteiger partial charge in [0, 0.05) is 57.6 Å². The van der Waals surface area contributed by atoms with Crippen LogP contribution in [0.4, 0.5) is 0 Å². The summed E-state index contributed by atoms with van der Waals surface area (Å²) in [5.74, 6) is 0. The molecule has 3 heteroatoms. The first-order valence-corrected chi connectivity index (χ1v) is 0. The van der Waals surface area contributed by atoms with Crippen molar-refractivity contribution in [3.63, 3.8) is 0 Å². The van der Waals surface area contributed by atoms with Gasteiger partial charge >= 0.3 is 0 Å². The molecule has 0 aromatic rings. The summed E-state index contributed by atoms with van der Waals surface area (Å²) >= 11 is 0. The third-order valence-electron chi connectivity index (χ3n) is 0. The van der Waals surface area contributed by atoms with Crippen LogP contribution in [0.25, 0.3) is 0 Å². The minimum Gasteiger partial charge on any atom is -0.0776 e. The predicted octanol–water partition coefficient (Wildman–Crippen LogP) is 0.250. The van der Waals surface area contributed by atoms with E-state index in [-0.39, 0.29) is 65.1 Å². The van der Waals surface area contributed by atoms with E-state index in [0.29, 0.717) is 0 Å². The Morgan fingerprint density at radius 3 is 1.00 bits per heavy atom. The Bertz CT molecular complexity index is 8.00. The van der Waals surface area contributed by atoms with Crippen molar-refractivity contribution in [2.24, 2.45) is 0 Å². The van der Waals surface area contributed by atoms with Crippen LogP contribution in [-0.2, 0) is 40.3 Å². The van der Waals surface area contributed by atoms with Crippen LogP contribution in [0.1, 0.15) is 7.43 Å². The molecule has 0 atom stereocenters. The van der Waals surface area contributed by atoms with E-state index in [1.807, 2.05) is 0 Å². The zero-order chi connectivity index (χ0) is 0. The quantitative estimate of drug-likeness (QED) is 0.425. The molecule has 0 aliphatic heterocycles. The molecule has 4 heavy (non-hydrogen) atoms. The summed E-state index contributed by atoms with van der Waals surface area (Å²) in [5.41, 5.74) is 0. The maximum atomic E-state index is 0. The fourth-order valence-corrected chi connectivity index (χ4v) is 0. The summed E-state index contributed by atoms with van der Waals surface area (Å²) in [6.45, 7) is 0. The Labute approximate surface area is 64.6 Å². The van der Waals surface area contributed by atoms with Crippen LogP contribution in [0.5, 0.6) is 0 Å². The van der Waals surface area contributed by atoms with Gasteiger partial charge in [0.2, 0.25) is 0 Å². The third-order valence-corrected chi connectivity index (χ3v) is 0. The third kappa shape index (κ3) is 9.16. The van der Waals surface area contributed by atoms with Crippen molar-refractivity contribution in [1.82, 2.24) is 0 Å². The number of hydrogen-bond donors (Lipinski definition) is 0. The fraction of sp³-hybridized carbons (Fsp3) is 1.00. The summed E-state index contributed by atoms with van der Waals surface area (Å²) in [7, 11) is 0. The molecule has 0 unspecified atom stereocenters. The fourth-order valence-electron chi connectivity index (χ4n) is 0. The molecule has 0 nitrogen and oxygen atoms in total. The minimum atomic E-state index is 0. The Kier molecular flexibility index (Phi) is 215. The van der Waals surface area contributed by atoms with E-state index in [9.17, 15) is 0 Å². The van der Waals surface area contributed by atoms with Crippen LogP contribution in [-0.4, -0.2) is 17.4 Å². The zero-order valence-electron chi connectivity index (χ0n) is 1.52. The Morgan fingerprint density at radius 1 is 1.00 bits per heavy atom. The molecule has 0 rings (SSSR count). The van der Waals surface area contributed by atoms with Crippen molar-refractivity contribution in [1.29, 1.82) is 0 Å². The van der Waals surface area contributed by atoms with Gasteiger partial charge in [-0.1, -0.05) is 7.43 Å². The van der Waals surface area contributed by atoms with Crippen molar-refractivity contribution < 1.29 is 40.3 Å². The molecule has 20 valence electrons. The van der Waals surface area contributed by atoms with Crippen molar-refractivity contribution in [2.45, 2.75) is 7.43 Å². The van der Waals surface area contributed by atoms with E-state index in [1.54, 1.807) is 0 Å². The van der Waals surface area contributed by atoms with Gasteiger partial charge in [-0.05, 0) is 0 Å². The summed E-state index contributed by atoms with van der Waals surface area (Å²) in [6, 6.07) is 0. The number of rotatable bonds is 0. The first kappa shape index (κ1) is 40.6. The number of hydrogen-bond acceptors (Lipinski definition) is 0. The molecule has 0 saturated carbocycles. The largest absolute Gasteiger partial charge is 0.0776 e. The van der Waals surface area contributed by atoms with E-state index in [1.165, 1.54) is 0 Å². The SMILES string of the molecule is C.[Al].[Ti].[V]. The molecule has 0 aliphatic rings. The van der Waals surface area contributed by atoms with Gasteiger partial charge in [-0.15, -0.1) is 0 Å². The molecule has 4 radical (unpaired) electrons. The van der Waals surface area contributed by atoms with Gasteiger partial charge in [0.1, 0.15) is 0 Å². The molecule has 0 aromatic heterocycles. The molecular weight excluding hydrogens is 138 g/mol. The Morgan fingerprint density at radius 2 is 1.00 bits per heavy atom. The summed E-state index contributed by atoms with van der Waals surface area (Å²) in [4.78, 5) is 0. The maximum absolute atomic E-state index is 0. The molecule has 0 saturated heterocycles. The summed E-state index contributed by atoms with van der Waals surface area (Å²) in [5, 5.41) is 0. The second-order valence-corrected chi connectivity index (χ2v) is 0. The molecule has 0 spiro atoms. The average Bonchev–Trinajstić information content (AvgIpc) is 0. The average molecular weight is 142 g/mol. The van der Waals surface area contributed by atoms with Crippen LogP contribution in [0.2, 0.25) is 0 Å². The van der Waals surface area contributed by atoms with Crippen LogP contribution in [0.3, 0.4) is 0 Å². The first-order chi connectivity index (χ1) is 0. The summed E-state index contributed by atoms with van der Waals surface area (Å²) in [6.07, 6.45) is 0. The smallest absolute Gasteiger partial charge is 0 e. The topological polar surface area (TPSA) is 0 Å². The minimum absolute atomic E-state index is 0. The van der Waals surface area contributed by atoms with Gasteiger partial charge in [-0.25, -0.2) is 0 Å². The van der Waals surface area contributed by atoms with Gasteiger partial charge < -0.3 is 0 Å². The molecule has 0 amide bonds. The first-order valence-electron chi connectivity index (χ1n) is 0. The normalized spacial score (nSPS) is 0. The van der Waals surface area contributed by atoms with E-state index in [0.717, 1.165) is 0 Å². The monoisotopic (exact) mass is 142 g/mol. The predicted molar refractivity (Wildman–Crippen MR) is 12.5 cm³/mol. The van der Waals surface area contributed by atoms with Crippen LogP contribution >= 0.6 is 0 Å². The Hall–Kier alpha value is 1.83. The second-order valence-electron chi connectivity index (χ2n) is 0. The maximum Gasteiger partial charge on any atom is 0 e. The molecule has 0 heterocycles. The van der Waals surface area contributed by atoms with Crippen molar-refractivity contribution in [3.8, 4) is 0 Å². The van der Waals surface area contributed by atoms with Gasteiger partial charge in [0.15, 0.2) is 0 Å². The van der Waals surface area contributed by atoms with Crippen LogP contribution < -0.4 is 0 Å². The van der Waals surface area contributed by atoms with Gasteiger partial charge in [-0.2, -0.15) is 0 Å². The standard InChI is InChI=1S/CH4.Al.Ti.V/h1H4;;;. The van der Waals surface area contributed by atoms with E-state index < -0.39 is 0 Å². The molecular formula is CH4AlTiV. The van der Waals surface area contributed by atoms with Gasteiger partial charge in [0.25, 0.3) is 0 Å². The summed E-state index contributed by atoms with van der Waals surface area (Å²) < 4.78 is 0. The van der Waals surface area contributed by atoms with Crippen LogP contribution in [0, 0.1) is 0 Å². The van der Waals surface area contributed by atoms with Crippen molar-refractivity contribution in [3.05, 3.63) is 0 Å². The Balaban J connectivity index is 0. The molecule has 0 N–H and O–H groups in total. The second kappa shape index (κ2) is 21.1. The molecule has 0 bridgehead atoms. The van der Waals surface area contributed by atoms with E-state index >= 15 is 0 Å². The van der Waals surface area contributed by atoms with E-state index in [2.05, 4.69) is 0 Å². The van der Waals surface area contributed by atoms with Crippen LogP contribution in [0.15, 0.2) is 0 Å². The van der Waals surface area contributed by atoms with Gasteiger partial charge in [0.05, 0.1) is 0 Å². The van der Waals surface area contributed by atoms with Gasteiger partial charge in [-0.3, -0.25) is 0 Å². The van der Waals surface area contributed by atoms with Crippen molar-refractivity contribution >= 4 is 17.4 Å². The van der Waals surface area contributed by atoms with Crippen molar-refractivity contribution in [2.75, 3.05) is 0 Å². The molecule has 0 aliphatic carbocycles.